The molecular formula is C14H14N2O3. The van der Waals surface area contributed by atoms with Crippen LogP contribution in [0, 0.1) is 0 Å². The lowest BCUT2D eigenvalue weighted by atomic mass is 10.1. The summed E-state index contributed by atoms with van der Waals surface area (Å²) in [6.07, 6.45) is 7.94. The van der Waals surface area contributed by atoms with Crippen LogP contribution in [-0.2, 0) is 11.3 Å². The molecule has 1 aromatic heterocycles. The number of imidazole rings is 1. The highest BCUT2D eigenvalue weighted by atomic mass is 16.5. The third-order valence-electron chi connectivity index (χ3n) is 2.62. The minimum Gasteiger partial charge on any atom is -0.496 e. The number of hydrogen-bond acceptors (Lipinski definition) is 3. The summed E-state index contributed by atoms with van der Waals surface area (Å²) in [5.41, 5.74) is 1.78. The Labute approximate surface area is 110 Å². The van der Waals surface area contributed by atoms with Crippen molar-refractivity contribution in [2.45, 2.75) is 6.54 Å². The fraction of sp³-hybridized carbons (Fsp3) is 0.143. The van der Waals surface area contributed by atoms with Crippen molar-refractivity contribution in [2.24, 2.45) is 0 Å². The molecule has 2 rings (SSSR count). The monoisotopic (exact) mass is 258 g/mol. The van der Waals surface area contributed by atoms with Crippen molar-refractivity contribution in [2.75, 3.05) is 7.11 Å². The van der Waals surface area contributed by atoms with Gasteiger partial charge in [-0.2, -0.15) is 0 Å². The zero-order valence-electron chi connectivity index (χ0n) is 10.5. The lowest BCUT2D eigenvalue weighted by molar-refractivity contribution is -0.131. The van der Waals surface area contributed by atoms with Crippen LogP contribution in [0.25, 0.3) is 6.08 Å². The lowest BCUT2D eigenvalue weighted by Crippen LogP contribution is -1.98. The van der Waals surface area contributed by atoms with Crippen molar-refractivity contribution >= 4 is 12.0 Å². The number of rotatable bonds is 5. The molecule has 1 heterocycles. The number of hydrogen-bond donors (Lipinski definition) is 1. The highest BCUT2D eigenvalue weighted by molar-refractivity contribution is 5.85. The summed E-state index contributed by atoms with van der Waals surface area (Å²) < 4.78 is 7.14. The first-order valence-electron chi connectivity index (χ1n) is 5.72. The van der Waals surface area contributed by atoms with Gasteiger partial charge in [-0.1, -0.05) is 6.07 Å². The Morgan fingerprint density at radius 1 is 1.53 bits per heavy atom. The van der Waals surface area contributed by atoms with Gasteiger partial charge in [0.1, 0.15) is 5.75 Å². The van der Waals surface area contributed by atoms with Crippen LogP contribution >= 0.6 is 0 Å². The largest absolute Gasteiger partial charge is 0.496 e. The molecule has 0 radical (unpaired) electrons. The minimum absolute atomic E-state index is 0.645. The number of methoxy groups -OCH3 is 1. The number of ether oxygens (including phenoxy) is 1. The van der Waals surface area contributed by atoms with Gasteiger partial charge in [0.15, 0.2) is 0 Å². The molecule has 0 atom stereocenters. The first-order valence-corrected chi connectivity index (χ1v) is 5.72. The Morgan fingerprint density at radius 2 is 2.37 bits per heavy atom. The van der Waals surface area contributed by atoms with E-state index >= 15 is 0 Å². The summed E-state index contributed by atoms with van der Waals surface area (Å²) in [7, 11) is 1.56. The summed E-state index contributed by atoms with van der Waals surface area (Å²) in [5, 5.41) is 8.68. The van der Waals surface area contributed by atoms with Gasteiger partial charge in [-0.25, -0.2) is 9.78 Å². The van der Waals surface area contributed by atoms with Gasteiger partial charge in [-0.3, -0.25) is 0 Å². The van der Waals surface area contributed by atoms with Crippen molar-refractivity contribution < 1.29 is 14.6 Å². The number of carbonyl (C=O) groups is 1. The van der Waals surface area contributed by atoms with Crippen LogP contribution < -0.4 is 4.74 Å². The number of nitrogens with zero attached hydrogens (tertiary/aromatic N) is 2. The molecule has 2 aromatic rings. The average molecular weight is 258 g/mol. The van der Waals surface area contributed by atoms with Gasteiger partial charge >= 0.3 is 5.97 Å². The molecule has 0 saturated heterocycles. The van der Waals surface area contributed by atoms with Gasteiger partial charge < -0.3 is 14.4 Å². The van der Waals surface area contributed by atoms with Crippen LogP contribution in [0.2, 0.25) is 0 Å². The second-order valence-corrected chi connectivity index (χ2v) is 3.98. The molecule has 0 aliphatic heterocycles. The van der Waals surface area contributed by atoms with E-state index < -0.39 is 5.97 Å². The van der Waals surface area contributed by atoms with Crippen LogP contribution in [-0.4, -0.2) is 27.7 Å². The third-order valence-corrected chi connectivity index (χ3v) is 2.62. The van der Waals surface area contributed by atoms with Gasteiger partial charge in [0, 0.05) is 30.6 Å². The molecule has 0 aliphatic carbocycles. The first-order chi connectivity index (χ1) is 9.19. The van der Waals surface area contributed by atoms with Crippen molar-refractivity contribution in [1.82, 2.24) is 9.55 Å². The Balaban J connectivity index is 2.27. The predicted octanol–water partition coefficient (Wildman–Crippen LogP) is 2.04. The van der Waals surface area contributed by atoms with E-state index in [1.165, 1.54) is 6.08 Å². The predicted molar refractivity (Wildman–Crippen MR) is 71.0 cm³/mol. The summed E-state index contributed by atoms with van der Waals surface area (Å²) in [4.78, 5) is 14.6. The molecule has 1 N–H and O–H groups in total. The van der Waals surface area contributed by atoms with Crippen LogP contribution in [0.1, 0.15) is 11.1 Å². The van der Waals surface area contributed by atoms with Crippen LogP contribution in [0.5, 0.6) is 5.75 Å². The molecule has 0 unspecified atom stereocenters. The maximum absolute atomic E-state index is 10.6. The lowest BCUT2D eigenvalue weighted by Gasteiger charge is -2.08. The number of aliphatic carboxylic acids is 1. The molecule has 0 saturated carbocycles. The Morgan fingerprint density at radius 3 is 3.00 bits per heavy atom. The Kier molecular flexibility index (Phi) is 3.97. The summed E-state index contributed by atoms with van der Waals surface area (Å²) in [6.45, 7) is 0.678. The van der Waals surface area contributed by atoms with Gasteiger partial charge in [0.25, 0.3) is 0 Å². The highest BCUT2D eigenvalue weighted by Crippen LogP contribution is 2.21. The highest BCUT2D eigenvalue weighted by Gasteiger charge is 2.03. The standard InChI is InChI=1S/C14H14N2O3/c1-19-13-4-2-11(9-16-7-6-15-10-16)8-12(13)3-5-14(17)18/h2-8,10H,9H2,1H3,(H,17,18). The zero-order chi connectivity index (χ0) is 13.7. The van der Waals surface area contributed by atoms with E-state index in [0.29, 0.717) is 12.3 Å². The van der Waals surface area contributed by atoms with E-state index in [4.69, 9.17) is 9.84 Å². The molecule has 19 heavy (non-hydrogen) atoms. The topological polar surface area (TPSA) is 64.4 Å². The smallest absolute Gasteiger partial charge is 0.328 e. The van der Waals surface area contributed by atoms with Crippen molar-refractivity contribution in [3.8, 4) is 5.75 Å². The summed E-state index contributed by atoms with van der Waals surface area (Å²) in [5.74, 6) is -0.339. The molecular weight excluding hydrogens is 244 g/mol. The molecule has 0 bridgehead atoms. The number of carboxylic acid groups (broad SMARTS) is 1. The fourth-order valence-corrected chi connectivity index (χ4v) is 1.76. The quantitative estimate of drug-likeness (QED) is 0.833. The van der Waals surface area contributed by atoms with E-state index in [1.54, 1.807) is 19.6 Å². The molecule has 98 valence electrons. The minimum atomic E-state index is -0.984. The molecule has 0 aliphatic rings. The average Bonchev–Trinajstić information content (AvgIpc) is 2.89. The van der Waals surface area contributed by atoms with E-state index in [2.05, 4.69) is 4.98 Å². The molecule has 0 amide bonds. The van der Waals surface area contributed by atoms with Crippen LogP contribution in [0.3, 0.4) is 0 Å². The van der Waals surface area contributed by atoms with E-state index in [0.717, 1.165) is 17.2 Å². The molecule has 5 heteroatoms. The van der Waals surface area contributed by atoms with Gasteiger partial charge in [0.2, 0.25) is 0 Å². The maximum atomic E-state index is 10.6. The third kappa shape index (κ3) is 3.45. The summed E-state index contributed by atoms with van der Waals surface area (Å²) >= 11 is 0. The van der Waals surface area contributed by atoms with Crippen molar-refractivity contribution in [3.63, 3.8) is 0 Å². The number of aromatic nitrogens is 2. The Hall–Kier alpha value is -2.56. The van der Waals surface area contributed by atoms with Crippen molar-refractivity contribution in [1.29, 1.82) is 0 Å². The van der Waals surface area contributed by atoms with Crippen molar-refractivity contribution in [3.05, 3.63) is 54.1 Å². The van der Waals surface area contributed by atoms with Gasteiger partial charge in [0.05, 0.1) is 13.4 Å². The fourth-order valence-electron chi connectivity index (χ4n) is 1.76. The molecule has 0 fully saturated rings. The zero-order valence-corrected chi connectivity index (χ0v) is 10.5. The van der Waals surface area contributed by atoms with Gasteiger partial charge in [-0.15, -0.1) is 0 Å². The molecule has 1 aromatic carbocycles. The molecule has 0 spiro atoms. The second kappa shape index (κ2) is 5.86. The number of benzene rings is 1. The second-order valence-electron chi connectivity index (χ2n) is 3.98. The normalized spacial score (nSPS) is 10.8. The first kappa shape index (κ1) is 12.9. The maximum Gasteiger partial charge on any atom is 0.328 e. The van der Waals surface area contributed by atoms with E-state index in [1.807, 2.05) is 29.0 Å². The van der Waals surface area contributed by atoms with Crippen LogP contribution in [0.15, 0.2) is 43.0 Å². The number of carboxylic acids is 1. The SMILES string of the molecule is COc1ccc(Cn2ccnc2)cc1C=CC(=O)O. The van der Waals surface area contributed by atoms with Crippen LogP contribution in [0.4, 0.5) is 0 Å². The van der Waals surface area contributed by atoms with E-state index in [9.17, 15) is 4.79 Å². The molecule has 5 nitrogen and oxygen atoms in total. The summed E-state index contributed by atoms with van der Waals surface area (Å²) in [6, 6.07) is 5.67. The van der Waals surface area contributed by atoms with Gasteiger partial charge in [-0.05, 0) is 23.8 Å². The Bertz CT molecular complexity index is 589. The van der Waals surface area contributed by atoms with E-state index in [-0.39, 0.29) is 0 Å².